The molecular formula is C10H12ClFN2O2S. The zero-order valence-corrected chi connectivity index (χ0v) is 10.4. The first-order valence-electron chi connectivity index (χ1n) is 4.78. The summed E-state index contributed by atoms with van der Waals surface area (Å²) >= 11 is 5.51. The van der Waals surface area contributed by atoms with Crippen molar-refractivity contribution >= 4 is 21.6 Å². The van der Waals surface area contributed by atoms with Crippen LogP contribution in [0.5, 0.6) is 0 Å². The predicted molar refractivity (Wildman–Crippen MR) is 64.8 cm³/mol. The molecule has 17 heavy (non-hydrogen) atoms. The van der Waals surface area contributed by atoms with E-state index in [1.165, 1.54) is 12.1 Å². The number of benzene rings is 1. The van der Waals surface area contributed by atoms with E-state index in [9.17, 15) is 12.8 Å². The summed E-state index contributed by atoms with van der Waals surface area (Å²) in [5.74, 6) is -0.954. The first-order chi connectivity index (χ1) is 7.99. The van der Waals surface area contributed by atoms with Gasteiger partial charge in [0.15, 0.2) is 5.82 Å². The lowest BCUT2D eigenvalue weighted by Crippen LogP contribution is -2.24. The quantitative estimate of drug-likeness (QED) is 0.797. The molecule has 7 heteroatoms. The van der Waals surface area contributed by atoms with E-state index in [2.05, 4.69) is 4.72 Å². The molecule has 0 aliphatic rings. The summed E-state index contributed by atoms with van der Waals surface area (Å²) in [6.45, 7) is 0.360. The van der Waals surface area contributed by atoms with Crippen LogP contribution in [0.3, 0.4) is 0 Å². The van der Waals surface area contributed by atoms with Crippen LogP contribution in [0.2, 0.25) is 5.02 Å². The molecule has 0 aromatic heterocycles. The van der Waals surface area contributed by atoms with Gasteiger partial charge in [0.1, 0.15) is 4.90 Å². The largest absolute Gasteiger partial charge is 0.327 e. The van der Waals surface area contributed by atoms with Gasteiger partial charge in [-0.05, 0) is 12.1 Å². The molecule has 0 amide bonds. The van der Waals surface area contributed by atoms with E-state index in [1.807, 2.05) is 0 Å². The molecule has 0 aliphatic heterocycles. The molecule has 0 fully saturated rings. The zero-order valence-electron chi connectivity index (χ0n) is 8.86. The highest BCUT2D eigenvalue weighted by molar-refractivity contribution is 7.89. The van der Waals surface area contributed by atoms with E-state index in [-0.39, 0.29) is 11.6 Å². The minimum atomic E-state index is -3.90. The summed E-state index contributed by atoms with van der Waals surface area (Å²) in [4.78, 5) is -0.467. The molecule has 0 bridgehead atoms. The number of halogens is 2. The van der Waals surface area contributed by atoms with Gasteiger partial charge in [-0.1, -0.05) is 29.8 Å². The summed E-state index contributed by atoms with van der Waals surface area (Å²) in [5, 5.41) is -0.231. The second kappa shape index (κ2) is 6.11. The van der Waals surface area contributed by atoms with Gasteiger partial charge >= 0.3 is 0 Å². The standard InChI is InChI=1S/C10H12ClFN2O2S/c11-8-4-3-5-9(10(8)12)17(15,16)14-7-2-1-6-13/h1-5,14H,6-7,13H2/b2-1+. The van der Waals surface area contributed by atoms with Gasteiger partial charge in [0, 0.05) is 13.1 Å². The molecule has 1 rings (SSSR count). The lowest BCUT2D eigenvalue weighted by atomic mass is 10.3. The molecule has 94 valence electrons. The van der Waals surface area contributed by atoms with Crippen LogP contribution in [0, 0.1) is 5.82 Å². The molecule has 0 unspecified atom stereocenters. The number of hydrogen-bond donors (Lipinski definition) is 2. The monoisotopic (exact) mass is 278 g/mol. The van der Waals surface area contributed by atoms with Crippen LogP contribution in [0.4, 0.5) is 4.39 Å². The van der Waals surface area contributed by atoms with Gasteiger partial charge in [-0.15, -0.1) is 0 Å². The Balaban J connectivity index is 2.90. The average Bonchev–Trinajstić information content (AvgIpc) is 2.28. The van der Waals surface area contributed by atoms with Gasteiger partial charge in [-0.2, -0.15) is 0 Å². The van der Waals surface area contributed by atoms with Crippen LogP contribution in [-0.2, 0) is 10.0 Å². The van der Waals surface area contributed by atoms with Crippen molar-refractivity contribution in [2.45, 2.75) is 4.90 Å². The molecule has 0 saturated heterocycles. The van der Waals surface area contributed by atoms with Crippen molar-refractivity contribution in [3.05, 3.63) is 41.2 Å². The van der Waals surface area contributed by atoms with Crippen LogP contribution in [0.15, 0.2) is 35.2 Å². The first kappa shape index (κ1) is 14.1. The van der Waals surface area contributed by atoms with E-state index < -0.39 is 20.7 Å². The summed E-state index contributed by atoms with van der Waals surface area (Å²) in [7, 11) is -3.90. The van der Waals surface area contributed by atoms with Crippen LogP contribution < -0.4 is 10.5 Å². The third-order valence-electron chi connectivity index (χ3n) is 1.90. The fraction of sp³-hybridized carbons (Fsp3) is 0.200. The van der Waals surface area contributed by atoms with Crippen LogP contribution in [-0.4, -0.2) is 21.5 Å². The fourth-order valence-corrected chi connectivity index (χ4v) is 2.41. The second-order valence-electron chi connectivity index (χ2n) is 3.11. The zero-order chi connectivity index (χ0) is 12.9. The highest BCUT2D eigenvalue weighted by atomic mass is 35.5. The van der Waals surface area contributed by atoms with E-state index in [4.69, 9.17) is 17.3 Å². The maximum Gasteiger partial charge on any atom is 0.243 e. The van der Waals surface area contributed by atoms with Gasteiger partial charge in [0.2, 0.25) is 10.0 Å². The Labute approximate surface area is 104 Å². The topological polar surface area (TPSA) is 72.2 Å². The highest BCUT2D eigenvalue weighted by Gasteiger charge is 2.19. The van der Waals surface area contributed by atoms with E-state index >= 15 is 0 Å². The van der Waals surface area contributed by atoms with Crippen molar-refractivity contribution in [1.82, 2.24) is 4.72 Å². The molecule has 0 saturated carbocycles. The summed E-state index contributed by atoms with van der Waals surface area (Å²) in [6, 6.07) is 3.80. The van der Waals surface area contributed by atoms with Gasteiger partial charge < -0.3 is 5.73 Å². The molecule has 3 N–H and O–H groups in total. The Hall–Kier alpha value is -0.950. The highest BCUT2D eigenvalue weighted by Crippen LogP contribution is 2.21. The Morgan fingerprint density at radius 2 is 2.12 bits per heavy atom. The molecule has 0 aliphatic carbocycles. The summed E-state index contributed by atoms with van der Waals surface area (Å²) < 4.78 is 39.1. The lowest BCUT2D eigenvalue weighted by molar-refractivity contribution is 0.560. The van der Waals surface area contributed by atoms with Crippen LogP contribution >= 0.6 is 11.6 Å². The molecule has 0 spiro atoms. The third kappa shape index (κ3) is 3.78. The van der Waals surface area contributed by atoms with Crippen molar-refractivity contribution in [2.24, 2.45) is 5.73 Å². The minimum Gasteiger partial charge on any atom is -0.327 e. The van der Waals surface area contributed by atoms with E-state index in [0.717, 1.165) is 6.07 Å². The van der Waals surface area contributed by atoms with Gasteiger partial charge in [0.25, 0.3) is 0 Å². The van der Waals surface area contributed by atoms with Gasteiger partial charge in [-0.25, -0.2) is 17.5 Å². The number of sulfonamides is 1. The number of rotatable bonds is 5. The van der Waals surface area contributed by atoms with Crippen LogP contribution in [0.25, 0.3) is 0 Å². The van der Waals surface area contributed by atoms with Crippen molar-refractivity contribution < 1.29 is 12.8 Å². The fourth-order valence-electron chi connectivity index (χ4n) is 1.11. The smallest absolute Gasteiger partial charge is 0.243 e. The van der Waals surface area contributed by atoms with Crippen LogP contribution in [0.1, 0.15) is 0 Å². The van der Waals surface area contributed by atoms with Gasteiger partial charge in [-0.3, -0.25) is 0 Å². The molecule has 4 nitrogen and oxygen atoms in total. The van der Waals surface area contributed by atoms with Crippen molar-refractivity contribution in [2.75, 3.05) is 13.1 Å². The Kier molecular flexibility index (Phi) is 5.07. The number of hydrogen-bond acceptors (Lipinski definition) is 3. The molecular weight excluding hydrogens is 267 g/mol. The van der Waals surface area contributed by atoms with E-state index in [1.54, 1.807) is 12.2 Å². The maximum absolute atomic E-state index is 13.5. The first-order valence-corrected chi connectivity index (χ1v) is 6.64. The Morgan fingerprint density at radius 3 is 2.76 bits per heavy atom. The number of nitrogens with two attached hydrogens (primary N) is 1. The summed E-state index contributed by atoms with van der Waals surface area (Å²) in [6.07, 6.45) is 3.14. The Morgan fingerprint density at radius 1 is 1.41 bits per heavy atom. The molecule has 0 radical (unpaired) electrons. The van der Waals surface area contributed by atoms with Crippen molar-refractivity contribution in [3.8, 4) is 0 Å². The predicted octanol–water partition coefficient (Wildman–Crippen LogP) is 1.27. The Bertz CT molecular complexity index is 517. The van der Waals surface area contributed by atoms with E-state index in [0.29, 0.717) is 6.54 Å². The summed E-state index contributed by atoms with van der Waals surface area (Å²) in [5.41, 5.74) is 5.19. The molecule has 1 aromatic rings. The number of nitrogens with one attached hydrogen (secondary N) is 1. The van der Waals surface area contributed by atoms with Crippen molar-refractivity contribution in [1.29, 1.82) is 0 Å². The normalized spacial score (nSPS) is 12.2. The van der Waals surface area contributed by atoms with Gasteiger partial charge in [0.05, 0.1) is 5.02 Å². The lowest BCUT2D eigenvalue weighted by Gasteiger charge is -2.06. The molecule has 1 aromatic carbocycles. The molecule has 0 heterocycles. The third-order valence-corrected chi connectivity index (χ3v) is 3.63. The second-order valence-corrected chi connectivity index (χ2v) is 5.25. The maximum atomic E-state index is 13.5. The van der Waals surface area contributed by atoms with Crippen molar-refractivity contribution in [3.63, 3.8) is 0 Å². The SMILES string of the molecule is NC/C=C/CNS(=O)(=O)c1cccc(Cl)c1F. The average molecular weight is 279 g/mol. The molecule has 0 atom stereocenters. The minimum absolute atomic E-state index is 0.0471.